The lowest BCUT2D eigenvalue weighted by Gasteiger charge is -2.26. The number of ether oxygens (including phenoxy) is 1. The smallest absolute Gasteiger partial charge is 0.225 e. The molecular formula is C22H29IN4O2. The van der Waals surface area contributed by atoms with Gasteiger partial charge in [-0.05, 0) is 29.7 Å². The Labute approximate surface area is 189 Å². The van der Waals surface area contributed by atoms with Crippen LogP contribution in [0.5, 0.6) is 0 Å². The van der Waals surface area contributed by atoms with Crippen molar-refractivity contribution in [3.63, 3.8) is 0 Å². The van der Waals surface area contributed by atoms with Crippen molar-refractivity contribution in [2.24, 2.45) is 4.99 Å². The number of aliphatic imine (C=N–C) groups is 1. The van der Waals surface area contributed by atoms with E-state index in [1.807, 2.05) is 37.3 Å². The van der Waals surface area contributed by atoms with E-state index in [0.29, 0.717) is 26.1 Å². The molecule has 7 heteroatoms. The molecule has 6 nitrogen and oxygen atoms in total. The van der Waals surface area contributed by atoms with Gasteiger partial charge in [-0.15, -0.1) is 24.0 Å². The van der Waals surface area contributed by atoms with Crippen LogP contribution < -0.4 is 16.0 Å². The summed E-state index contributed by atoms with van der Waals surface area (Å²) >= 11 is 0. The Kier molecular flexibility index (Phi) is 9.40. The minimum Gasteiger partial charge on any atom is -0.380 e. The van der Waals surface area contributed by atoms with Gasteiger partial charge in [0.1, 0.15) is 0 Å². The Hall–Kier alpha value is -2.13. The summed E-state index contributed by atoms with van der Waals surface area (Å²) in [7, 11) is 1.70. The number of guanidine groups is 1. The minimum atomic E-state index is 0. The van der Waals surface area contributed by atoms with Crippen LogP contribution in [0.15, 0.2) is 53.5 Å². The maximum atomic E-state index is 12.0. The topological polar surface area (TPSA) is 74.8 Å². The Morgan fingerprint density at radius 3 is 2.76 bits per heavy atom. The Bertz CT molecular complexity index is 841. The number of carbonyl (C=O) groups is 1. The van der Waals surface area contributed by atoms with Crippen molar-refractivity contribution in [2.45, 2.75) is 32.4 Å². The standard InChI is InChI=1S/C22H28N4O2.HI/c1-3-23-22(24-13-16-7-6-8-17(11-16)15-28-2)25-14-18-12-21(27)26-20-10-5-4-9-19(18)20;/h4-11,18H,3,12-15H2,1-2H3,(H,26,27)(H2,23,24,25);1H. The van der Waals surface area contributed by atoms with Crippen molar-refractivity contribution in [1.82, 2.24) is 10.6 Å². The monoisotopic (exact) mass is 508 g/mol. The number of rotatable bonds is 7. The second kappa shape index (κ2) is 11.8. The largest absolute Gasteiger partial charge is 0.380 e. The van der Waals surface area contributed by atoms with E-state index in [2.05, 4.69) is 34.1 Å². The van der Waals surface area contributed by atoms with E-state index < -0.39 is 0 Å². The molecule has 2 aromatic rings. The van der Waals surface area contributed by atoms with Crippen molar-refractivity contribution in [2.75, 3.05) is 25.5 Å². The molecule has 0 aliphatic carbocycles. The maximum absolute atomic E-state index is 12.0. The van der Waals surface area contributed by atoms with Gasteiger partial charge in [-0.1, -0.05) is 42.5 Å². The molecule has 0 radical (unpaired) electrons. The summed E-state index contributed by atoms with van der Waals surface area (Å²) in [6, 6.07) is 16.2. The molecular weight excluding hydrogens is 479 g/mol. The van der Waals surface area contributed by atoms with E-state index in [0.717, 1.165) is 34.9 Å². The van der Waals surface area contributed by atoms with E-state index >= 15 is 0 Å². The van der Waals surface area contributed by atoms with E-state index in [9.17, 15) is 4.79 Å². The van der Waals surface area contributed by atoms with Gasteiger partial charge in [0.05, 0.1) is 13.2 Å². The zero-order chi connectivity index (χ0) is 19.8. The van der Waals surface area contributed by atoms with Crippen molar-refractivity contribution < 1.29 is 9.53 Å². The van der Waals surface area contributed by atoms with E-state index in [-0.39, 0.29) is 35.8 Å². The molecule has 1 aliphatic rings. The summed E-state index contributed by atoms with van der Waals surface area (Å²) in [6.07, 6.45) is 0.475. The lowest BCUT2D eigenvalue weighted by Crippen LogP contribution is -2.40. The molecule has 156 valence electrons. The Morgan fingerprint density at radius 1 is 1.17 bits per heavy atom. The number of nitrogens with one attached hydrogen (secondary N) is 3. The van der Waals surface area contributed by atoms with Crippen LogP contribution in [0.1, 0.15) is 36.0 Å². The third kappa shape index (κ3) is 6.71. The van der Waals surface area contributed by atoms with Crippen LogP contribution in [-0.2, 0) is 22.7 Å². The summed E-state index contributed by atoms with van der Waals surface area (Å²) in [5.41, 5.74) is 4.34. The number of carbonyl (C=O) groups excluding carboxylic acids is 1. The van der Waals surface area contributed by atoms with Crippen LogP contribution in [0.4, 0.5) is 5.69 Å². The Morgan fingerprint density at radius 2 is 1.97 bits per heavy atom. The fourth-order valence-electron chi connectivity index (χ4n) is 3.40. The Balaban J connectivity index is 0.00000300. The molecule has 0 aromatic heterocycles. The summed E-state index contributed by atoms with van der Waals surface area (Å²) in [6.45, 7) is 4.64. The van der Waals surface area contributed by atoms with Crippen LogP contribution in [0.2, 0.25) is 0 Å². The third-order valence-corrected chi connectivity index (χ3v) is 4.69. The zero-order valence-corrected chi connectivity index (χ0v) is 19.2. The molecule has 1 unspecified atom stereocenters. The highest BCUT2D eigenvalue weighted by molar-refractivity contribution is 14.0. The number of halogens is 1. The fourth-order valence-corrected chi connectivity index (χ4v) is 3.40. The van der Waals surface area contributed by atoms with Gasteiger partial charge < -0.3 is 20.7 Å². The highest BCUT2D eigenvalue weighted by Gasteiger charge is 2.24. The van der Waals surface area contributed by atoms with E-state index in [1.54, 1.807) is 7.11 Å². The first-order valence-electron chi connectivity index (χ1n) is 9.67. The van der Waals surface area contributed by atoms with Crippen molar-refractivity contribution in [3.05, 3.63) is 65.2 Å². The number of hydrogen-bond donors (Lipinski definition) is 3. The number of methoxy groups -OCH3 is 1. The molecule has 3 N–H and O–H groups in total. The highest BCUT2D eigenvalue weighted by atomic mass is 127. The van der Waals surface area contributed by atoms with E-state index in [4.69, 9.17) is 9.73 Å². The summed E-state index contributed by atoms with van der Waals surface area (Å²) in [5.74, 6) is 0.935. The van der Waals surface area contributed by atoms with Gasteiger partial charge >= 0.3 is 0 Å². The summed E-state index contributed by atoms with van der Waals surface area (Å²) in [4.78, 5) is 16.7. The first-order chi connectivity index (χ1) is 13.7. The summed E-state index contributed by atoms with van der Waals surface area (Å²) in [5, 5.41) is 9.62. The van der Waals surface area contributed by atoms with Gasteiger partial charge in [0.25, 0.3) is 0 Å². The van der Waals surface area contributed by atoms with Crippen LogP contribution in [0.3, 0.4) is 0 Å². The third-order valence-electron chi connectivity index (χ3n) is 4.69. The molecule has 0 saturated heterocycles. The molecule has 1 heterocycles. The minimum absolute atomic E-state index is 0. The van der Waals surface area contributed by atoms with Crippen molar-refractivity contribution in [1.29, 1.82) is 0 Å². The molecule has 3 rings (SSSR count). The average Bonchev–Trinajstić information content (AvgIpc) is 2.70. The predicted octanol–water partition coefficient (Wildman–Crippen LogP) is 3.63. The molecule has 0 fully saturated rings. The van der Waals surface area contributed by atoms with Crippen LogP contribution in [0, 0.1) is 0 Å². The quantitative estimate of drug-likeness (QED) is 0.304. The second-order valence-electron chi connectivity index (χ2n) is 6.87. The van der Waals surface area contributed by atoms with Gasteiger partial charge in [0.2, 0.25) is 5.91 Å². The highest BCUT2D eigenvalue weighted by Crippen LogP contribution is 2.31. The fraction of sp³-hybridized carbons (Fsp3) is 0.364. The number of amides is 1. The number of nitrogens with zero attached hydrogens (tertiary/aromatic N) is 1. The molecule has 1 atom stereocenters. The van der Waals surface area contributed by atoms with Gasteiger partial charge in [-0.2, -0.15) is 0 Å². The molecule has 1 aliphatic heterocycles. The number of benzene rings is 2. The number of anilines is 1. The lowest BCUT2D eigenvalue weighted by molar-refractivity contribution is -0.116. The first-order valence-corrected chi connectivity index (χ1v) is 9.67. The van der Waals surface area contributed by atoms with Gasteiger partial charge in [0, 0.05) is 38.2 Å². The van der Waals surface area contributed by atoms with Crippen molar-refractivity contribution >= 4 is 41.5 Å². The lowest BCUT2D eigenvalue weighted by atomic mass is 9.90. The average molecular weight is 508 g/mol. The normalized spacial score (nSPS) is 15.7. The van der Waals surface area contributed by atoms with Gasteiger partial charge in [-0.25, -0.2) is 4.99 Å². The maximum Gasteiger partial charge on any atom is 0.225 e. The molecule has 0 spiro atoms. The van der Waals surface area contributed by atoms with Crippen LogP contribution >= 0.6 is 24.0 Å². The summed E-state index contributed by atoms with van der Waals surface area (Å²) < 4.78 is 5.20. The molecule has 1 amide bonds. The SMILES string of the molecule is CCNC(=NCc1cccc(COC)c1)NCC1CC(=O)Nc2ccccc21.I. The van der Waals surface area contributed by atoms with Crippen molar-refractivity contribution in [3.8, 4) is 0 Å². The number of fused-ring (bicyclic) bond motifs is 1. The van der Waals surface area contributed by atoms with Crippen LogP contribution in [0.25, 0.3) is 0 Å². The number of hydrogen-bond acceptors (Lipinski definition) is 3. The molecule has 2 aromatic carbocycles. The number of para-hydroxylation sites is 1. The predicted molar refractivity (Wildman–Crippen MR) is 128 cm³/mol. The van der Waals surface area contributed by atoms with E-state index in [1.165, 1.54) is 0 Å². The van der Waals surface area contributed by atoms with Crippen LogP contribution in [-0.4, -0.2) is 32.1 Å². The van der Waals surface area contributed by atoms with Gasteiger partial charge in [0.15, 0.2) is 5.96 Å². The second-order valence-corrected chi connectivity index (χ2v) is 6.87. The molecule has 0 bridgehead atoms. The van der Waals surface area contributed by atoms with Gasteiger partial charge in [-0.3, -0.25) is 4.79 Å². The molecule has 29 heavy (non-hydrogen) atoms. The molecule has 0 saturated carbocycles. The zero-order valence-electron chi connectivity index (χ0n) is 16.9. The first kappa shape index (κ1) is 23.2.